The number of aliphatic hydroxyl groups is 1. The van der Waals surface area contributed by atoms with Crippen LogP contribution < -0.4 is 5.32 Å². The zero-order chi connectivity index (χ0) is 20.3. The molecule has 1 amide bonds. The van der Waals surface area contributed by atoms with Crippen molar-refractivity contribution in [2.24, 2.45) is 0 Å². The SMILES string of the molecule is COC(=O)CC[C@H](NC(=O)C(O)(CC(=O)OC)CC(=O)OC)C(=O)OC. The normalized spacial score (nSPS) is 11.7. The second kappa shape index (κ2) is 11.0. The molecular formula is C15H23NO10. The molecule has 0 rings (SSSR count). The third-order valence-electron chi connectivity index (χ3n) is 3.41. The fourth-order valence-electron chi connectivity index (χ4n) is 1.89. The molecule has 0 aliphatic heterocycles. The Balaban J connectivity index is 5.35. The minimum absolute atomic E-state index is 0.183. The van der Waals surface area contributed by atoms with E-state index in [4.69, 9.17) is 0 Å². The lowest BCUT2D eigenvalue weighted by atomic mass is 9.93. The number of hydrogen-bond acceptors (Lipinski definition) is 10. The van der Waals surface area contributed by atoms with Crippen molar-refractivity contribution in [1.82, 2.24) is 5.32 Å². The highest BCUT2D eigenvalue weighted by atomic mass is 16.5. The van der Waals surface area contributed by atoms with E-state index in [0.29, 0.717) is 0 Å². The number of methoxy groups -OCH3 is 4. The standard InChI is InChI=1S/C15H23NO10/c1-23-10(17)6-5-9(13(20)26-4)16-14(21)15(22,7-11(18)24-2)8-12(19)25-3/h9,22H,5-8H2,1-4H3,(H,16,21)/t9-/m0/s1. The maximum Gasteiger partial charge on any atom is 0.328 e. The second-order valence-corrected chi connectivity index (χ2v) is 5.20. The monoisotopic (exact) mass is 377 g/mol. The fourth-order valence-corrected chi connectivity index (χ4v) is 1.89. The smallest absolute Gasteiger partial charge is 0.328 e. The number of amides is 1. The van der Waals surface area contributed by atoms with Gasteiger partial charge < -0.3 is 29.4 Å². The van der Waals surface area contributed by atoms with Gasteiger partial charge in [0.1, 0.15) is 6.04 Å². The zero-order valence-corrected chi connectivity index (χ0v) is 15.0. The van der Waals surface area contributed by atoms with Gasteiger partial charge in [-0.1, -0.05) is 0 Å². The lowest BCUT2D eigenvalue weighted by Gasteiger charge is -2.27. The van der Waals surface area contributed by atoms with E-state index in [0.717, 1.165) is 28.4 Å². The number of ether oxygens (including phenoxy) is 4. The molecule has 0 aliphatic rings. The maximum absolute atomic E-state index is 12.4. The summed E-state index contributed by atoms with van der Waals surface area (Å²) in [5.74, 6) is -4.65. The Kier molecular flexibility index (Phi) is 9.89. The molecular weight excluding hydrogens is 354 g/mol. The summed E-state index contributed by atoms with van der Waals surface area (Å²) >= 11 is 0. The van der Waals surface area contributed by atoms with Gasteiger partial charge in [0.15, 0.2) is 5.60 Å². The van der Waals surface area contributed by atoms with Crippen LogP contribution in [0.3, 0.4) is 0 Å². The highest BCUT2D eigenvalue weighted by Crippen LogP contribution is 2.19. The molecule has 0 fully saturated rings. The van der Waals surface area contributed by atoms with Gasteiger partial charge in [-0.3, -0.25) is 19.2 Å². The third-order valence-corrected chi connectivity index (χ3v) is 3.41. The van der Waals surface area contributed by atoms with E-state index in [-0.39, 0.29) is 12.8 Å². The molecule has 0 aliphatic carbocycles. The Morgan fingerprint density at radius 1 is 0.846 bits per heavy atom. The van der Waals surface area contributed by atoms with Gasteiger partial charge >= 0.3 is 23.9 Å². The van der Waals surface area contributed by atoms with Crippen molar-refractivity contribution in [2.75, 3.05) is 28.4 Å². The lowest BCUT2D eigenvalue weighted by molar-refractivity contribution is -0.162. The average molecular weight is 377 g/mol. The summed E-state index contributed by atoms with van der Waals surface area (Å²) in [6.07, 6.45) is -2.11. The van der Waals surface area contributed by atoms with Gasteiger partial charge in [0, 0.05) is 6.42 Å². The summed E-state index contributed by atoms with van der Waals surface area (Å²) in [5, 5.41) is 12.6. The van der Waals surface area contributed by atoms with E-state index in [1.807, 2.05) is 0 Å². The van der Waals surface area contributed by atoms with E-state index >= 15 is 0 Å². The number of rotatable bonds is 10. The van der Waals surface area contributed by atoms with Crippen molar-refractivity contribution >= 4 is 29.8 Å². The molecule has 0 unspecified atom stereocenters. The Morgan fingerprint density at radius 3 is 1.69 bits per heavy atom. The van der Waals surface area contributed by atoms with Gasteiger partial charge in [-0.15, -0.1) is 0 Å². The number of carbonyl (C=O) groups is 5. The molecule has 11 heteroatoms. The van der Waals surface area contributed by atoms with Crippen molar-refractivity contribution in [2.45, 2.75) is 37.3 Å². The third kappa shape index (κ3) is 7.47. The highest BCUT2D eigenvalue weighted by molar-refractivity contribution is 5.95. The summed E-state index contributed by atoms with van der Waals surface area (Å²) in [5.41, 5.74) is -2.52. The first-order valence-electron chi connectivity index (χ1n) is 7.45. The summed E-state index contributed by atoms with van der Waals surface area (Å²) in [7, 11) is 4.28. The predicted octanol–water partition coefficient (Wildman–Crippen LogP) is -1.55. The molecule has 11 nitrogen and oxygen atoms in total. The molecule has 0 saturated heterocycles. The number of nitrogens with one attached hydrogen (secondary N) is 1. The zero-order valence-electron chi connectivity index (χ0n) is 15.0. The number of carbonyl (C=O) groups excluding carboxylic acids is 5. The molecule has 0 heterocycles. The summed E-state index contributed by atoms with van der Waals surface area (Å²) in [6.45, 7) is 0. The average Bonchev–Trinajstić information content (AvgIpc) is 2.63. The van der Waals surface area contributed by atoms with E-state index in [2.05, 4.69) is 24.3 Å². The summed E-state index contributed by atoms with van der Waals surface area (Å²) < 4.78 is 17.8. The number of esters is 4. The van der Waals surface area contributed by atoms with Crippen molar-refractivity contribution in [3.05, 3.63) is 0 Å². The molecule has 148 valence electrons. The first kappa shape index (κ1) is 23.3. The van der Waals surface area contributed by atoms with Crippen molar-refractivity contribution in [3.63, 3.8) is 0 Å². The summed E-state index contributed by atoms with van der Waals surface area (Å²) in [4.78, 5) is 58.3. The van der Waals surface area contributed by atoms with Crippen LogP contribution in [0.25, 0.3) is 0 Å². The van der Waals surface area contributed by atoms with Gasteiger partial charge in [-0.05, 0) is 6.42 Å². The lowest BCUT2D eigenvalue weighted by Crippen LogP contribution is -2.54. The molecule has 0 aromatic carbocycles. The van der Waals surface area contributed by atoms with Gasteiger partial charge in [0.05, 0.1) is 41.3 Å². The minimum Gasteiger partial charge on any atom is -0.469 e. The van der Waals surface area contributed by atoms with Crippen LogP contribution in [0.15, 0.2) is 0 Å². The van der Waals surface area contributed by atoms with Crippen LogP contribution in [0.2, 0.25) is 0 Å². The molecule has 0 saturated carbocycles. The topological polar surface area (TPSA) is 155 Å². The predicted molar refractivity (Wildman–Crippen MR) is 83.4 cm³/mol. The largest absolute Gasteiger partial charge is 0.469 e. The first-order chi connectivity index (χ1) is 12.1. The fraction of sp³-hybridized carbons (Fsp3) is 0.667. The van der Waals surface area contributed by atoms with Crippen LogP contribution in [0.1, 0.15) is 25.7 Å². The van der Waals surface area contributed by atoms with Crippen molar-refractivity contribution in [1.29, 1.82) is 0 Å². The van der Waals surface area contributed by atoms with Crippen LogP contribution in [0, 0.1) is 0 Å². The van der Waals surface area contributed by atoms with Crippen molar-refractivity contribution < 1.29 is 48.0 Å². The minimum atomic E-state index is -2.52. The van der Waals surface area contributed by atoms with Crippen molar-refractivity contribution in [3.8, 4) is 0 Å². The molecule has 0 bridgehead atoms. The van der Waals surface area contributed by atoms with Gasteiger partial charge in [0.2, 0.25) is 0 Å². The highest BCUT2D eigenvalue weighted by Gasteiger charge is 2.43. The van der Waals surface area contributed by atoms with Crippen LogP contribution >= 0.6 is 0 Å². The molecule has 26 heavy (non-hydrogen) atoms. The Labute approximate surface area is 149 Å². The van der Waals surface area contributed by atoms with Crippen LogP contribution in [-0.2, 0) is 42.9 Å². The molecule has 2 N–H and O–H groups in total. The molecule has 0 aromatic rings. The van der Waals surface area contributed by atoms with E-state index in [1.54, 1.807) is 0 Å². The second-order valence-electron chi connectivity index (χ2n) is 5.20. The van der Waals surface area contributed by atoms with Crippen LogP contribution in [0.5, 0.6) is 0 Å². The molecule has 0 radical (unpaired) electrons. The van der Waals surface area contributed by atoms with Gasteiger partial charge in [-0.25, -0.2) is 4.79 Å². The van der Waals surface area contributed by atoms with Gasteiger partial charge in [-0.2, -0.15) is 0 Å². The van der Waals surface area contributed by atoms with Gasteiger partial charge in [0.25, 0.3) is 5.91 Å². The molecule has 1 atom stereocenters. The quantitative estimate of drug-likeness (QED) is 0.338. The van der Waals surface area contributed by atoms with E-state index in [9.17, 15) is 29.1 Å². The van der Waals surface area contributed by atoms with E-state index < -0.39 is 54.3 Å². The maximum atomic E-state index is 12.4. The molecule has 0 spiro atoms. The number of hydrogen-bond donors (Lipinski definition) is 2. The van der Waals surface area contributed by atoms with E-state index in [1.165, 1.54) is 0 Å². The summed E-state index contributed by atoms with van der Waals surface area (Å²) in [6, 6.07) is -1.31. The molecule has 0 aromatic heterocycles. The Hall–Kier alpha value is -2.69. The first-order valence-corrected chi connectivity index (χ1v) is 7.45. The van der Waals surface area contributed by atoms with Crippen LogP contribution in [0.4, 0.5) is 0 Å². The Bertz CT molecular complexity index is 527. The van der Waals surface area contributed by atoms with Crippen LogP contribution in [-0.4, -0.2) is 75.0 Å². The Morgan fingerprint density at radius 2 is 1.31 bits per heavy atom.